The monoisotopic (exact) mass is 339 g/mol. The van der Waals surface area contributed by atoms with Gasteiger partial charge in [0.2, 0.25) is 0 Å². The van der Waals surface area contributed by atoms with E-state index in [4.69, 9.17) is 0 Å². The lowest BCUT2D eigenvalue weighted by molar-refractivity contribution is 0.102. The summed E-state index contributed by atoms with van der Waals surface area (Å²) in [5.74, 6) is 0.286. The first kappa shape index (κ1) is 12.0. The minimum absolute atomic E-state index is 0.168. The van der Waals surface area contributed by atoms with E-state index in [0.29, 0.717) is 11.4 Å². The molecule has 0 atom stereocenters. The van der Waals surface area contributed by atoms with Gasteiger partial charge < -0.3 is 5.32 Å². The summed E-state index contributed by atoms with van der Waals surface area (Å²) in [6.45, 7) is 1.97. The van der Waals surface area contributed by atoms with Gasteiger partial charge in [-0.2, -0.15) is 0 Å². The fourth-order valence-corrected chi connectivity index (χ4v) is 1.97. The van der Waals surface area contributed by atoms with E-state index in [1.165, 1.54) is 12.4 Å². The lowest BCUT2D eigenvalue weighted by Gasteiger charge is -2.07. The highest BCUT2D eigenvalue weighted by Crippen LogP contribution is 2.17. The van der Waals surface area contributed by atoms with Crippen LogP contribution in [-0.4, -0.2) is 15.9 Å². The number of rotatable bonds is 2. The number of amides is 1. The Morgan fingerprint density at radius 3 is 2.88 bits per heavy atom. The van der Waals surface area contributed by atoms with Gasteiger partial charge in [0.15, 0.2) is 5.82 Å². The third kappa shape index (κ3) is 2.79. The van der Waals surface area contributed by atoms with Crippen molar-refractivity contribution in [3.63, 3.8) is 0 Å². The first-order valence-electron chi connectivity index (χ1n) is 5.01. The zero-order valence-corrected chi connectivity index (χ0v) is 11.3. The Hall–Kier alpha value is -1.50. The van der Waals surface area contributed by atoms with Crippen LogP contribution in [0.25, 0.3) is 0 Å². The average molecular weight is 339 g/mol. The number of aryl methyl sites for hydroxylation is 1. The highest BCUT2D eigenvalue weighted by atomic mass is 127. The largest absolute Gasteiger partial charge is 0.305 e. The van der Waals surface area contributed by atoms with Crippen molar-refractivity contribution in [2.75, 3.05) is 5.32 Å². The maximum absolute atomic E-state index is 12.0. The summed E-state index contributed by atoms with van der Waals surface area (Å²) in [5, 5.41) is 2.71. The number of carbonyl (C=O) groups is 1. The second-order valence-electron chi connectivity index (χ2n) is 3.48. The number of benzene rings is 1. The number of nitrogens with one attached hydrogen (secondary N) is 1. The highest BCUT2D eigenvalue weighted by molar-refractivity contribution is 14.1. The Bertz CT molecular complexity index is 543. The number of hydrogen-bond donors (Lipinski definition) is 1. The lowest BCUT2D eigenvalue weighted by atomic mass is 10.1. The molecule has 86 valence electrons. The molecule has 1 aromatic heterocycles. The summed E-state index contributed by atoms with van der Waals surface area (Å²) in [4.78, 5) is 19.9. The minimum atomic E-state index is -0.168. The second-order valence-corrected chi connectivity index (χ2v) is 4.56. The maximum atomic E-state index is 12.0. The molecule has 0 aliphatic heterocycles. The Kier molecular flexibility index (Phi) is 3.68. The van der Waals surface area contributed by atoms with Crippen molar-refractivity contribution in [1.29, 1.82) is 0 Å². The third-order valence-corrected chi connectivity index (χ3v) is 3.67. The van der Waals surface area contributed by atoms with Gasteiger partial charge in [0.05, 0.1) is 11.8 Å². The van der Waals surface area contributed by atoms with Crippen LogP contribution in [0.3, 0.4) is 0 Å². The van der Waals surface area contributed by atoms with Crippen LogP contribution in [0.4, 0.5) is 5.82 Å². The molecular formula is C12H10IN3O. The van der Waals surface area contributed by atoms with Gasteiger partial charge in [0.25, 0.3) is 5.91 Å². The molecule has 2 rings (SSSR count). The predicted octanol–water partition coefficient (Wildman–Crippen LogP) is 2.64. The summed E-state index contributed by atoms with van der Waals surface area (Å²) >= 11 is 2.17. The van der Waals surface area contributed by atoms with Gasteiger partial charge in [-0.05, 0) is 41.1 Å². The van der Waals surface area contributed by atoms with Crippen LogP contribution >= 0.6 is 22.6 Å². The third-order valence-electron chi connectivity index (χ3n) is 2.24. The standard InChI is InChI=1S/C12H10IN3O/c1-8-3-2-4-9(11(8)13)12(17)16-10-7-14-5-6-15-10/h2-7H,1H3,(H,15,16,17). The van der Waals surface area contributed by atoms with Gasteiger partial charge in [0, 0.05) is 16.0 Å². The molecule has 0 radical (unpaired) electrons. The Morgan fingerprint density at radius 2 is 2.18 bits per heavy atom. The fourth-order valence-electron chi connectivity index (χ4n) is 1.37. The van der Waals surface area contributed by atoms with Crippen LogP contribution in [0.1, 0.15) is 15.9 Å². The van der Waals surface area contributed by atoms with Crippen LogP contribution < -0.4 is 5.32 Å². The number of halogens is 1. The minimum Gasteiger partial charge on any atom is -0.305 e. The van der Waals surface area contributed by atoms with E-state index in [2.05, 4.69) is 37.9 Å². The number of carbonyl (C=O) groups excluding carboxylic acids is 1. The molecule has 0 aliphatic carbocycles. The van der Waals surface area contributed by atoms with Gasteiger partial charge in [-0.15, -0.1) is 0 Å². The van der Waals surface area contributed by atoms with Crippen LogP contribution in [0.2, 0.25) is 0 Å². The van der Waals surface area contributed by atoms with Crippen LogP contribution in [0.5, 0.6) is 0 Å². The summed E-state index contributed by atoms with van der Waals surface area (Å²) in [7, 11) is 0. The summed E-state index contributed by atoms with van der Waals surface area (Å²) < 4.78 is 0.950. The molecular weight excluding hydrogens is 329 g/mol. The van der Waals surface area contributed by atoms with Crippen molar-refractivity contribution in [2.45, 2.75) is 6.92 Å². The van der Waals surface area contributed by atoms with Gasteiger partial charge in [-0.3, -0.25) is 9.78 Å². The van der Waals surface area contributed by atoms with Crippen molar-refractivity contribution in [3.05, 3.63) is 51.5 Å². The molecule has 1 heterocycles. The Balaban J connectivity index is 2.24. The van der Waals surface area contributed by atoms with E-state index in [1.807, 2.05) is 19.1 Å². The van der Waals surface area contributed by atoms with Crippen molar-refractivity contribution < 1.29 is 4.79 Å². The molecule has 1 aromatic carbocycles. The molecule has 0 spiro atoms. The molecule has 1 amide bonds. The van der Waals surface area contributed by atoms with E-state index in [0.717, 1.165) is 9.13 Å². The molecule has 0 fully saturated rings. The fraction of sp³-hybridized carbons (Fsp3) is 0.0833. The van der Waals surface area contributed by atoms with Crippen molar-refractivity contribution in [2.24, 2.45) is 0 Å². The Labute approximate surface area is 113 Å². The highest BCUT2D eigenvalue weighted by Gasteiger charge is 2.11. The van der Waals surface area contributed by atoms with Gasteiger partial charge >= 0.3 is 0 Å². The number of anilines is 1. The van der Waals surface area contributed by atoms with Crippen molar-refractivity contribution in [1.82, 2.24) is 9.97 Å². The normalized spacial score (nSPS) is 10.0. The molecule has 17 heavy (non-hydrogen) atoms. The molecule has 5 heteroatoms. The predicted molar refractivity (Wildman–Crippen MR) is 73.9 cm³/mol. The topological polar surface area (TPSA) is 54.9 Å². The molecule has 0 saturated carbocycles. The lowest BCUT2D eigenvalue weighted by Crippen LogP contribution is -2.14. The molecule has 0 unspecified atom stereocenters. The van der Waals surface area contributed by atoms with E-state index in [1.54, 1.807) is 12.3 Å². The first-order valence-corrected chi connectivity index (χ1v) is 6.09. The smallest absolute Gasteiger partial charge is 0.257 e. The van der Waals surface area contributed by atoms with Crippen LogP contribution in [0.15, 0.2) is 36.8 Å². The molecule has 0 aliphatic rings. The number of hydrogen-bond acceptors (Lipinski definition) is 3. The number of nitrogens with zero attached hydrogens (tertiary/aromatic N) is 2. The number of aromatic nitrogens is 2. The van der Waals surface area contributed by atoms with Gasteiger partial charge in [-0.25, -0.2) is 4.98 Å². The van der Waals surface area contributed by atoms with E-state index < -0.39 is 0 Å². The van der Waals surface area contributed by atoms with E-state index in [9.17, 15) is 4.79 Å². The molecule has 0 bridgehead atoms. The first-order chi connectivity index (χ1) is 8.18. The summed E-state index contributed by atoms with van der Waals surface area (Å²) in [5.41, 5.74) is 1.73. The van der Waals surface area contributed by atoms with Crippen molar-refractivity contribution >= 4 is 34.3 Å². The van der Waals surface area contributed by atoms with Gasteiger partial charge in [-0.1, -0.05) is 12.1 Å². The SMILES string of the molecule is Cc1cccc(C(=O)Nc2cnccn2)c1I. The van der Waals surface area contributed by atoms with Gasteiger partial charge in [0.1, 0.15) is 0 Å². The summed E-state index contributed by atoms with van der Waals surface area (Å²) in [6.07, 6.45) is 4.61. The molecule has 4 nitrogen and oxygen atoms in total. The maximum Gasteiger partial charge on any atom is 0.257 e. The van der Waals surface area contributed by atoms with E-state index >= 15 is 0 Å². The average Bonchev–Trinajstić information content (AvgIpc) is 2.34. The molecule has 0 saturated heterocycles. The molecule has 1 N–H and O–H groups in total. The van der Waals surface area contributed by atoms with E-state index in [-0.39, 0.29) is 5.91 Å². The van der Waals surface area contributed by atoms with Crippen LogP contribution in [0, 0.1) is 10.5 Å². The van der Waals surface area contributed by atoms with Crippen molar-refractivity contribution in [3.8, 4) is 0 Å². The molecule has 2 aromatic rings. The quantitative estimate of drug-likeness (QED) is 0.856. The summed E-state index contributed by atoms with van der Waals surface area (Å²) in [6, 6.07) is 5.63. The zero-order valence-electron chi connectivity index (χ0n) is 9.14. The van der Waals surface area contributed by atoms with Crippen LogP contribution in [-0.2, 0) is 0 Å². The Morgan fingerprint density at radius 1 is 1.35 bits per heavy atom. The zero-order chi connectivity index (χ0) is 12.3. The second kappa shape index (κ2) is 5.22.